The van der Waals surface area contributed by atoms with E-state index < -0.39 is 11.6 Å². The standard InChI is InChI=1S/C18H22N2O3/c1-12-7-6-10-14(12)18(2)16(22)20(17(23)19-18)11-15(21)13-8-4-3-5-9-13/h3-5,8-9,12,14H,6-7,10-11H2,1-2H3,(H,19,23). The zero-order valence-electron chi connectivity index (χ0n) is 13.5. The molecular formula is C18H22N2O3. The average Bonchev–Trinajstić information content (AvgIpc) is 3.06. The van der Waals surface area contributed by atoms with E-state index in [1.54, 1.807) is 31.2 Å². The highest BCUT2D eigenvalue weighted by Gasteiger charge is 2.54. The van der Waals surface area contributed by atoms with Crippen molar-refractivity contribution in [1.29, 1.82) is 0 Å². The first-order valence-electron chi connectivity index (χ1n) is 8.16. The SMILES string of the molecule is CC1CCCC1C1(C)NC(=O)N(CC(=O)c2ccccc2)C1=O. The van der Waals surface area contributed by atoms with Crippen LogP contribution in [0.5, 0.6) is 0 Å². The summed E-state index contributed by atoms with van der Waals surface area (Å²) in [7, 11) is 0. The van der Waals surface area contributed by atoms with Gasteiger partial charge in [0.2, 0.25) is 0 Å². The molecule has 0 radical (unpaired) electrons. The molecule has 1 aliphatic carbocycles. The van der Waals surface area contributed by atoms with Crippen molar-refractivity contribution in [3.63, 3.8) is 0 Å². The summed E-state index contributed by atoms with van der Waals surface area (Å²) in [5, 5.41) is 2.84. The molecule has 1 aliphatic heterocycles. The van der Waals surface area contributed by atoms with Crippen LogP contribution in [0.15, 0.2) is 30.3 Å². The molecule has 3 rings (SSSR count). The van der Waals surface area contributed by atoms with Gasteiger partial charge < -0.3 is 5.32 Å². The highest BCUT2D eigenvalue weighted by atomic mass is 16.2. The molecule has 122 valence electrons. The topological polar surface area (TPSA) is 66.5 Å². The van der Waals surface area contributed by atoms with Gasteiger partial charge in [0.25, 0.3) is 5.91 Å². The molecule has 0 aromatic heterocycles. The van der Waals surface area contributed by atoms with Gasteiger partial charge in [0.15, 0.2) is 5.78 Å². The number of hydrogen-bond acceptors (Lipinski definition) is 3. The molecule has 3 atom stereocenters. The molecule has 1 aromatic rings. The second-order valence-corrected chi connectivity index (χ2v) is 6.83. The van der Waals surface area contributed by atoms with Crippen molar-refractivity contribution >= 4 is 17.7 Å². The number of imide groups is 1. The lowest BCUT2D eigenvalue weighted by molar-refractivity contribution is -0.132. The highest BCUT2D eigenvalue weighted by molar-refractivity contribution is 6.11. The van der Waals surface area contributed by atoms with Crippen molar-refractivity contribution in [2.45, 2.75) is 38.6 Å². The van der Waals surface area contributed by atoms with E-state index in [1.807, 2.05) is 6.07 Å². The Bertz CT molecular complexity index is 643. The van der Waals surface area contributed by atoms with E-state index in [0.717, 1.165) is 24.2 Å². The quantitative estimate of drug-likeness (QED) is 0.686. The summed E-state index contributed by atoms with van der Waals surface area (Å²) in [5.41, 5.74) is -0.375. The molecule has 1 saturated carbocycles. The van der Waals surface area contributed by atoms with Gasteiger partial charge >= 0.3 is 6.03 Å². The zero-order valence-corrected chi connectivity index (χ0v) is 13.5. The molecule has 1 saturated heterocycles. The van der Waals surface area contributed by atoms with Crippen LogP contribution in [0.3, 0.4) is 0 Å². The van der Waals surface area contributed by atoms with Crippen LogP contribution in [0.2, 0.25) is 0 Å². The Labute approximate surface area is 136 Å². The number of rotatable bonds is 4. The summed E-state index contributed by atoms with van der Waals surface area (Å²) in [6.07, 6.45) is 3.09. The minimum atomic E-state index is -0.885. The van der Waals surface area contributed by atoms with E-state index in [9.17, 15) is 14.4 Å². The summed E-state index contributed by atoms with van der Waals surface area (Å²) >= 11 is 0. The smallest absolute Gasteiger partial charge is 0.323 e. The lowest BCUT2D eigenvalue weighted by Crippen LogP contribution is -2.51. The van der Waals surface area contributed by atoms with Crippen LogP contribution in [0.4, 0.5) is 4.79 Å². The zero-order chi connectivity index (χ0) is 16.6. The van der Waals surface area contributed by atoms with E-state index >= 15 is 0 Å². The fourth-order valence-electron chi connectivity index (χ4n) is 3.97. The Balaban J connectivity index is 1.78. The minimum absolute atomic E-state index is 0.135. The molecule has 1 heterocycles. The Morgan fingerprint density at radius 1 is 1.26 bits per heavy atom. The van der Waals surface area contributed by atoms with E-state index in [-0.39, 0.29) is 24.2 Å². The number of carbonyl (C=O) groups is 3. The van der Waals surface area contributed by atoms with Crippen LogP contribution in [0.25, 0.3) is 0 Å². The van der Waals surface area contributed by atoms with Crippen molar-refractivity contribution in [2.24, 2.45) is 11.8 Å². The second kappa shape index (κ2) is 5.80. The van der Waals surface area contributed by atoms with Gasteiger partial charge in [0.1, 0.15) is 5.54 Å². The third-order valence-corrected chi connectivity index (χ3v) is 5.30. The summed E-state index contributed by atoms with van der Waals surface area (Å²) in [5.74, 6) is 0.0353. The van der Waals surface area contributed by atoms with Crippen molar-refractivity contribution in [3.8, 4) is 0 Å². The summed E-state index contributed by atoms with van der Waals surface area (Å²) in [6, 6.07) is 8.29. The molecule has 3 unspecified atom stereocenters. The fraction of sp³-hybridized carbons (Fsp3) is 0.500. The predicted molar refractivity (Wildman–Crippen MR) is 85.9 cm³/mol. The van der Waals surface area contributed by atoms with Gasteiger partial charge in [-0.3, -0.25) is 14.5 Å². The summed E-state index contributed by atoms with van der Waals surface area (Å²) < 4.78 is 0. The largest absolute Gasteiger partial charge is 0.325 e. The molecular weight excluding hydrogens is 292 g/mol. The van der Waals surface area contributed by atoms with Crippen LogP contribution in [0.1, 0.15) is 43.5 Å². The highest BCUT2D eigenvalue weighted by Crippen LogP contribution is 2.41. The first kappa shape index (κ1) is 15.7. The molecule has 5 nitrogen and oxygen atoms in total. The molecule has 3 amide bonds. The van der Waals surface area contributed by atoms with Crippen LogP contribution in [-0.2, 0) is 4.79 Å². The van der Waals surface area contributed by atoms with Gasteiger partial charge in [-0.05, 0) is 25.2 Å². The lowest BCUT2D eigenvalue weighted by Gasteiger charge is -2.31. The van der Waals surface area contributed by atoms with Gasteiger partial charge in [-0.15, -0.1) is 0 Å². The third-order valence-electron chi connectivity index (χ3n) is 5.30. The van der Waals surface area contributed by atoms with Gasteiger partial charge in [-0.25, -0.2) is 4.79 Å². The monoisotopic (exact) mass is 314 g/mol. The van der Waals surface area contributed by atoms with Gasteiger partial charge in [-0.1, -0.05) is 50.1 Å². The second-order valence-electron chi connectivity index (χ2n) is 6.83. The molecule has 0 bridgehead atoms. The number of nitrogens with one attached hydrogen (secondary N) is 1. The first-order valence-corrected chi connectivity index (χ1v) is 8.16. The summed E-state index contributed by atoms with van der Waals surface area (Å²) in [4.78, 5) is 38.5. The van der Waals surface area contributed by atoms with Gasteiger partial charge in [0.05, 0.1) is 6.54 Å². The number of hydrogen-bond donors (Lipinski definition) is 1. The lowest BCUT2D eigenvalue weighted by atomic mass is 9.79. The molecule has 5 heteroatoms. The maximum atomic E-state index is 12.8. The normalized spacial score (nSPS) is 30.6. The number of nitrogens with zero attached hydrogens (tertiary/aromatic N) is 1. The number of carbonyl (C=O) groups excluding carboxylic acids is 3. The van der Waals surface area contributed by atoms with Crippen LogP contribution < -0.4 is 5.32 Å². The van der Waals surface area contributed by atoms with E-state index in [2.05, 4.69) is 12.2 Å². The van der Waals surface area contributed by atoms with Crippen molar-refractivity contribution in [1.82, 2.24) is 10.2 Å². The maximum Gasteiger partial charge on any atom is 0.325 e. The van der Waals surface area contributed by atoms with Crippen LogP contribution >= 0.6 is 0 Å². The Hall–Kier alpha value is -2.17. The van der Waals surface area contributed by atoms with Crippen molar-refractivity contribution in [3.05, 3.63) is 35.9 Å². The fourth-order valence-corrected chi connectivity index (χ4v) is 3.97. The van der Waals surface area contributed by atoms with E-state index in [0.29, 0.717) is 11.5 Å². The maximum absolute atomic E-state index is 12.8. The molecule has 0 spiro atoms. The number of benzene rings is 1. The van der Waals surface area contributed by atoms with Gasteiger partial charge in [-0.2, -0.15) is 0 Å². The average molecular weight is 314 g/mol. The predicted octanol–water partition coefficient (Wildman–Crippen LogP) is 2.62. The van der Waals surface area contributed by atoms with Crippen LogP contribution in [-0.4, -0.2) is 34.7 Å². The number of ketones is 1. The van der Waals surface area contributed by atoms with Gasteiger partial charge in [0, 0.05) is 5.56 Å². The van der Waals surface area contributed by atoms with Crippen LogP contribution in [0, 0.1) is 11.8 Å². The van der Waals surface area contributed by atoms with Crippen molar-refractivity contribution in [2.75, 3.05) is 6.54 Å². The number of amides is 3. The number of Topliss-reactive ketones (excluding diaryl/α,β-unsaturated/α-hetero) is 1. The molecule has 1 aromatic carbocycles. The third kappa shape index (κ3) is 2.64. The van der Waals surface area contributed by atoms with E-state index in [4.69, 9.17) is 0 Å². The molecule has 1 N–H and O–H groups in total. The summed E-state index contributed by atoms with van der Waals surface area (Å²) in [6.45, 7) is 3.72. The molecule has 2 fully saturated rings. The minimum Gasteiger partial charge on any atom is -0.323 e. The van der Waals surface area contributed by atoms with Crippen molar-refractivity contribution < 1.29 is 14.4 Å². The first-order chi connectivity index (χ1) is 10.9. The molecule has 23 heavy (non-hydrogen) atoms. The number of urea groups is 1. The molecule has 2 aliphatic rings. The van der Waals surface area contributed by atoms with E-state index in [1.165, 1.54) is 0 Å². The Morgan fingerprint density at radius 3 is 2.57 bits per heavy atom. The Morgan fingerprint density at radius 2 is 1.96 bits per heavy atom. The Kier molecular flexibility index (Phi) is 3.96.